The first-order chi connectivity index (χ1) is 15.9. The maximum Gasteiger partial charge on any atom is 0.293 e. The van der Waals surface area contributed by atoms with Gasteiger partial charge in [0.05, 0.1) is 16.3 Å². The summed E-state index contributed by atoms with van der Waals surface area (Å²) < 4.78 is 1.88. The van der Waals surface area contributed by atoms with E-state index in [0.717, 1.165) is 55.0 Å². The van der Waals surface area contributed by atoms with Crippen LogP contribution in [-0.4, -0.2) is 45.6 Å². The number of amides is 1. The minimum Gasteiger partial charge on any atom is -0.366 e. The van der Waals surface area contributed by atoms with Gasteiger partial charge in [0.15, 0.2) is 0 Å². The molecule has 1 fully saturated rings. The Hall–Kier alpha value is -3.68. The molecule has 0 saturated carbocycles. The van der Waals surface area contributed by atoms with Crippen molar-refractivity contribution in [2.45, 2.75) is 39.7 Å². The molecule has 0 N–H and O–H groups in total. The van der Waals surface area contributed by atoms with Crippen LogP contribution in [-0.2, 0) is 6.54 Å². The van der Waals surface area contributed by atoms with Crippen molar-refractivity contribution >= 4 is 17.3 Å². The Kier molecular flexibility index (Phi) is 6.44. The van der Waals surface area contributed by atoms with Crippen LogP contribution in [0.5, 0.6) is 0 Å². The van der Waals surface area contributed by atoms with E-state index in [1.807, 2.05) is 53.8 Å². The van der Waals surface area contributed by atoms with Gasteiger partial charge in [0.1, 0.15) is 5.69 Å². The average molecular weight is 448 g/mol. The third-order valence-electron chi connectivity index (χ3n) is 6.30. The Balaban J connectivity index is 1.57. The lowest BCUT2D eigenvalue weighted by Gasteiger charge is -2.28. The summed E-state index contributed by atoms with van der Waals surface area (Å²) >= 11 is 0. The highest BCUT2D eigenvalue weighted by Gasteiger charge is 2.25. The van der Waals surface area contributed by atoms with Crippen LogP contribution in [0.25, 0.3) is 5.69 Å². The van der Waals surface area contributed by atoms with Crippen LogP contribution in [0.15, 0.2) is 48.5 Å². The number of hydrogen-bond acceptors (Lipinski definition) is 5. The minimum absolute atomic E-state index is 0.0135. The van der Waals surface area contributed by atoms with Gasteiger partial charge in [-0.2, -0.15) is 5.10 Å². The molecule has 3 aromatic rings. The Morgan fingerprint density at radius 2 is 1.79 bits per heavy atom. The zero-order valence-corrected chi connectivity index (χ0v) is 19.3. The summed E-state index contributed by atoms with van der Waals surface area (Å²) in [5.41, 5.74) is 4.63. The van der Waals surface area contributed by atoms with Crippen LogP contribution in [0, 0.1) is 24.0 Å². The molecule has 1 aliphatic rings. The van der Waals surface area contributed by atoms with E-state index in [-0.39, 0.29) is 16.5 Å². The monoisotopic (exact) mass is 447 g/mol. The van der Waals surface area contributed by atoms with Crippen molar-refractivity contribution in [1.29, 1.82) is 0 Å². The maximum atomic E-state index is 13.2. The van der Waals surface area contributed by atoms with Crippen molar-refractivity contribution in [3.63, 3.8) is 0 Å². The highest BCUT2D eigenvalue weighted by molar-refractivity contribution is 5.95. The minimum atomic E-state index is -0.390. The Morgan fingerprint density at radius 1 is 1.09 bits per heavy atom. The van der Waals surface area contributed by atoms with E-state index in [1.54, 1.807) is 24.1 Å². The number of rotatable bonds is 6. The maximum absolute atomic E-state index is 13.2. The molecule has 0 radical (unpaired) electrons. The molecular formula is C25H29N5O3. The van der Waals surface area contributed by atoms with Gasteiger partial charge in [-0.15, -0.1) is 0 Å². The fraction of sp³-hybridized carbons (Fsp3) is 0.360. The molecule has 8 heteroatoms. The van der Waals surface area contributed by atoms with Crippen LogP contribution < -0.4 is 4.90 Å². The van der Waals surface area contributed by atoms with Crippen molar-refractivity contribution in [3.8, 4) is 5.69 Å². The third-order valence-corrected chi connectivity index (χ3v) is 6.30. The first-order valence-electron chi connectivity index (χ1n) is 11.3. The van der Waals surface area contributed by atoms with Gasteiger partial charge in [-0.1, -0.05) is 18.2 Å². The SMILES string of the molecule is Cc1nn(-c2ccccc2)c(C)c1CN(C)C(=O)c1ccc(N2CCCCC2)c([N+](=O)[O-])c1. The van der Waals surface area contributed by atoms with Crippen LogP contribution in [0.2, 0.25) is 0 Å². The van der Waals surface area contributed by atoms with E-state index < -0.39 is 0 Å². The lowest BCUT2D eigenvalue weighted by atomic mass is 10.1. The summed E-state index contributed by atoms with van der Waals surface area (Å²) in [4.78, 5) is 28.2. The van der Waals surface area contributed by atoms with Crippen molar-refractivity contribution in [2.75, 3.05) is 25.0 Å². The van der Waals surface area contributed by atoms with Gasteiger partial charge in [-0.05, 0) is 57.4 Å². The molecule has 1 saturated heterocycles. The fourth-order valence-electron chi connectivity index (χ4n) is 4.46. The molecule has 0 unspecified atom stereocenters. The molecule has 1 amide bonds. The standard InChI is InChI=1S/C25H29N5O3/c1-18-22(19(2)29(26-18)21-10-6-4-7-11-21)17-27(3)25(31)20-12-13-23(24(16-20)30(32)33)28-14-8-5-9-15-28/h4,6-7,10-13,16H,5,8-9,14-15,17H2,1-3H3. The first kappa shape index (κ1) is 22.5. The predicted octanol–water partition coefficient (Wildman–Crippen LogP) is 4.66. The number of nitro benzene ring substituents is 1. The number of anilines is 1. The largest absolute Gasteiger partial charge is 0.366 e. The lowest BCUT2D eigenvalue weighted by molar-refractivity contribution is -0.384. The number of nitrogens with zero attached hydrogens (tertiary/aromatic N) is 5. The number of nitro groups is 1. The van der Waals surface area contributed by atoms with Gasteiger partial charge < -0.3 is 9.80 Å². The zero-order valence-electron chi connectivity index (χ0n) is 19.3. The average Bonchev–Trinajstić information content (AvgIpc) is 3.12. The van der Waals surface area contributed by atoms with Crippen LogP contribution in [0.3, 0.4) is 0 Å². The van der Waals surface area contributed by atoms with E-state index in [4.69, 9.17) is 0 Å². The molecule has 1 aromatic heterocycles. The summed E-state index contributed by atoms with van der Waals surface area (Å²) in [6.07, 6.45) is 3.19. The molecule has 2 heterocycles. The fourth-order valence-corrected chi connectivity index (χ4v) is 4.46. The smallest absolute Gasteiger partial charge is 0.293 e. The highest BCUT2D eigenvalue weighted by atomic mass is 16.6. The van der Waals surface area contributed by atoms with Crippen molar-refractivity contribution < 1.29 is 9.72 Å². The predicted molar refractivity (Wildman–Crippen MR) is 128 cm³/mol. The molecule has 172 valence electrons. The number of carbonyl (C=O) groups is 1. The number of aryl methyl sites for hydroxylation is 1. The second-order valence-corrected chi connectivity index (χ2v) is 8.57. The summed E-state index contributed by atoms with van der Waals surface area (Å²) in [6.45, 7) is 5.89. The summed E-state index contributed by atoms with van der Waals surface area (Å²) in [7, 11) is 1.71. The summed E-state index contributed by atoms with van der Waals surface area (Å²) in [5, 5.41) is 16.4. The number of para-hydroxylation sites is 1. The molecule has 0 bridgehead atoms. The van der Waals surface area contributed by atoms with Gasteiger partial charge in [-0.3, -0.25) is 14.9 Å². The lowest BCUT2D eigenvalue weighted by Crippen LogP contribution is -2.30. The van der Waals surface area contributed by atoms with Gasteiger partial charge >= 0.3 is 0 Å². The van der Waals surface area contributed by atoms with E-state index in [2.05, 4.69) is 5.10 Å². The van der Waals surface area contributed by atoms with E-state index in [0.29, 0.717) is 17.8 Å². The molecule has 0 aliphatic carbocycles. The summed E-state index contributed by atoms with van der Waals surface area (Å²) in [6, 6.07) is 14.7. The van der Waals surface area contributed by atoms with Crippen LogP contribution >= 0.6 is 0 Å². The quantitative estimate of drug-likeness (QED) is 0.405. The van der Waals surface area contributed by atoms with E-state index >= 15 is 0 Å². The molecular weight excluding hydrogens is 418 g/mol. The number of carbonyl (C=O) groups excluding carboxylic acids is 1. The number of benzene rings is 2. The second kappa shape index (κ2) is 9.44. The Bertz CT molecular complexity index is 1170. The summed E-state index contributed by atoms with van der Waals surface area (Å²) in [5.74, 6) is -0.255. The zero-order chi connectivity index (χ0) is 23.5. The number of hydrogen-bond donors (Lipinski definition) is 0. The number of aromatic nitrogens is 2. The van der Waals surface area contributed by atoms with Crippen molar-refractivity contribution in [3.05, 3.63) is 81.2 Å². The number of piperidine rings is 1. The Labute approximate surface area is 193 Å². The molecule has 2 aromatic carbocycles. The van der Waals surface area contributed by atoms with Gasteiger partial charge in [0.2, 0.25) is 0 Å². The highest BCUT2D eigenvalue weighted by Crippen LogP contribution is 2.32. The second-order valence-electron chi connectivity index (χ2n) is 8.57. The molecule has 0 spiro atoms. The third kappa shape index (κ3) is 4.60. The molecule has 1 aliphatic heterocycles. The topological polar surface area (TPSA) is 84.5 Å². The normalized spacial score (nSPS) is 13.7. The van der Waals surface area contributed by atoms with Gasteiger partial charge in [0, 0.05) is 49.6 Å². The van der Waals surface area contributed by atoms with E-state index in [1.165, 1.54) is 6.07 Å². The van der Waals surface area contributed by atoms with Crippen LogP contribution in [0.4, 0.5) is 11.4 Å². The van der Waals surface area contributed by atoms with Gasteiger partial charge in [0.25, 0.3) is 11.6 Å². The molecule has 4 rings (SSSR count). The van der Waals surface area contributed by atoms with Crippen LogP contribution in [0.1, 0.15) is 46.6 Å². The molecule has 33 heavy (non-hydrogen) atoms. The Morgan fingerprint density at radius 3 is 2.45 bits per heavy atom. The van der Waals surface area contributed by atoms with Gasteiger partial charge in [-0.25, -0.2) is 4.68 Å². The molecule has 8 nitrogen and oxygen atoms in total. The van der Waals surface area contributed by atoms with Crippen molar-refractivity contribution in [2.24, 2.45) is 0 Å². The van der Waals surface area contributed by atoms with E-state index in [9.17, 15) is 14.9 Å². The molecule has 0 atom stereocenters. The van der Waals surface area contributed by atoms with Crippen molar-refractivity contribution in [1.82, 2.24) is 14.7 Å². The first-order valence-corrected chi connectivity index (χ1v) is 11.3.